The van der Waals surface area contributed by atoms with Crippen LogP contribution in [0.15, 0.2) is 77.2 Å². The second kappa shape index (κ2) is 49.0. The van der Waals surface area contributed by atoms with Crippen LogP contribution in [0.4, 0.5) is 23.3 Å². The molecule has 6 fully saturated rings. The van der Waals surface area contributed by atoms with Gasteiger partial charge in [-0.15, -0.1) is 0 Å². The number of hydrogen-bond acceptors (Lipinski definition) is 49. The van der Waals surface area contributed by atoms with Crippen molar-refractivity contribution in [2.75, 3.05) is 158 Å². The normalized spacial score (nSPS) is 29.4. The Labute approximate surface area is 826 Å². The van der Waals surface area contributed by atoms with Gasteiger partial charge in [0.25, 0.3) is 11.1 Å². The first-order valence-electron chi connectivity index (χ1n) is 43.9. The van der Waals surface area contributed by atoms with Crippen LogP contribution < -0.4 is 62.5 Å². The molecule has 143 heavy (non-hydrogen) atoms. The number of nitrogens with zero attached hydrogens (tertiary/aromatic N) is 12. The summed E-state index contributed by atoms with van der Waals surface area (Å²) in [6.07, 6.45) is -29.3. The minimum atomic E-state index is -5.97. The Kier molecular flexibility index (Phi) is 38.7. The smallest absolute Gasteiger partial charge is 0.387 e. The fraction of sp³-hybridized carbons (Fsp3) is 0.671. The van der Waals surface area contributed by atoms with E-state index in [9.17, 15) is 53.0 Å². The molecule has 6 aliphatic heterocycles. The van der Waals surface area contributed by atoms with E-state index in [1.54, 1.807) is 13.8 Å². The van der Waals surface area contributed by atoms with Crippen LogP contribution in [0.2, 0.25) is 0 Å². The lowest BCUT2D eigenvalue weighted by Crippen LogP contribution is -2.42. The van der Waals surface area contributed by atoms with Crippen LogP contribution in [0.5, 0.6) is 0 Å². The predicted octanol–water partition coefficient (Wildman–Crippen LogP) is 0.595. The predicted molar refractivity (Wildman–Crippen MR) is 501 cm³/mol. The lowest BCUT2D eigenvalue weighted by Gasteiger charge is -2.29. The monoisotopic (exact) mass is 2180 g/mol. The van der Waals surface area contributed by atoms with Gasteiger partial charge in [-0.1, -0.05) is 43.7 Å². The number of aryl methyl sites for hydroxylation is 5. The molecule has 7 aromatic rings. The van der Waals surface area contributed by atoms with Gasteiger partial charge < -0.3 is 114 Å². The maximum absolute atomic E-state index is 15.6. The zero-order valence-corrected chi connectivity index (χ0v) is 85.6. The Hall–Kier alpha value is -7.21. The van der Waals surface area contributed by atoms with Crippen LogP contribution in [-0.4, -0.2) is 321 Å². The summed E-state index contributed by atoms with van der Waals surface area (Å²) in [5, 5.41) is 11.8. The van der Waals surface area contributed by atoms with E-state index < -0.39 is 256 Å². The highest BCUT2D eigenvalue weighted by Gasteiger charge is 2.59. The standard InChI is InChI=1S/C76H113N18O41P5S3/c1-12-41-42(23-48(125-41)89-27-39(5)65(96)87-75(89)101)131-138(107,141)123-32-46-52(57(117-20-15-112-9)68(129-46)91-25-37(3)61(78)85-73(91)99)133-136(103,104)120-30-44-51(56(116-19-14-111-8)69(127-44)93-28-40(6)66(97)88-76(93)102)132-137(105,106)121-31-45-53(58(118-21-16-113-10)70(128-45)92-26-38(4)62(79)86-74(92)100)134-140(109,143)124-33-47-54(59(119-22-17-114-11)71(130-47)94-35-83-49-63(80)81-34-82-64(49)94)135-139(108,142)122-29-43-50(95)55(115-18-13-110-7)67(126-43)90-24-36(2)60(77)84-72(90)98/h24-28,34-35,41-48,50-59,67-71,95H,12-23,29-33H2,1-11H3,(H,103,104)(H,105,106)(H,107,141)(H,108,142)(H,109,143)(H2,77,84,98)(H2,78,85,99)(H2,79,86,100)(H2,80,81,82)(H,87,96,101)(H,88,97,102)/t41-,42?,43-,44-,45-,46-,47-,48-,50?,51?,52?,53?,54?,55+,56+,57+,58+,59+,67-,68-,69-,70-,71-,138?,139?,140?/m1/s1. The minimum Gasteiger partial charge on any atom is -0.387 e. The first kappa shape index (κ1) is 113. The molecule has 67 heteroatoms. The molecule has 11 unspecified atom stereocenters. The Bertz CT molecular complexity index is 6290. The van der Waals surface area contributed by atoms with Crippen molar-refractivity contribution < 1.29 is 159 Å². The number of nitrogen functional groups attached to an aromatic ring is 4. The Morgan fingerprint density at radius 2 is 0.720 bits per heavy atom. The number of nitrogens with one attached hydrogen (secondary N) is 2. The van der Waals surface area contributed by atoms with E-state index in [1.165, 1.54) is 98.9 Å². The van der Waals surface area contributed by atoms with Crippen molar-refractivity contribution in [1.29, 1.82) is 0 Å². The van der Waals surface area contributed by atoms with Gasteiger partial charge in [-0.2, -0.15) is 15.0 Å². The van der Waals surface area contributed by atoms with E-state index in [0.29, 0.717) is 5.56 Å². The molecule has 13 N–H and O–H groups in total. The van der Waals surface area contributed by atoms with Gasteiger partial charge in [0.1, 0.15) is 127 Å². The molecule has 13 rings (SSSR count). The van der Waals surface area contributed by atoms with Crippen LogP contribution in [-0.2, 0) is 144 Å². The van der Waals surface area contributed by atoms with Crippen molar-refractivity contribution in [3.63, 3.8) is 0 Å². The first-order valence-corrected chi connectivity index (χ1v) is 54.9. The number of H-pyrrole nitrogens is 2. The Morgan fingerprint density at radius 3 is 1.12 bits per heavy atom. The van der Waals surface area contributed by atoms with Gasteiger partial charge in [-0.3, -0.25) is 92.2 Å². The second-order valence-electron chi connectivity index (χ2n) is 33.0. The van der Waals surface area contributed by atoms with Crippen LogP contribution in [0.3, 0.4) is 0 Å². The van der Waals surface area contributed by atoms with Gasteiger partial charge in [0, 0.05) is 101 Å². The number of methoxy groups -OCH3 is 5. The number of fused-ring (bicyclic) bond motifs is 1. The number of anilines is 4. The summed E-state index contributed by atoms with van der Waals surface area (Å²) in [6, 6.07) is 0. The maximum Gasteiger partial charge on any atom is 0.472 e. The molecule has 28 atom stereocenters. The zero-order chi connectivity index (χ0) is 104. The summed E-state index contributed by atoms with van der Waals surface area (Å²) < 4.78 is 237. The summed E-state index contributed by atoms with van der Waals surface area (Å²) >= 11 is 13.1. The first-order chi connectivity index (χ1) is 67.8. The third kappa shape index (κ3) is 27.5. The van der Waals surface area contributed by atoms with Gasteiger partial charge in [-0.05, 0) is 41.0 Å². The highest BCUT2D eigenvalue weighted by atomic mass is 32.7. The number of aromatic nitrogens is 14. The molecule has 0 aromatic carbocycles. The number of aromatic amines is 2. The molecule has 13 heterocycles. The van der Waals surface area contributed by atoms with Crippen molar-refractivity contribution >= 4 is 107 Å². The van der Waals surface area contributed by atoms with Gasteiger partial charge >= 0.3 is 64.5 Å². The fourth-order valence-electron chi connectivity index (χ4n) is 16.1. The quantitative estimate of drug-likeness (QED) is 0.0141. The summed E-state index contributed by atoms with van der Waals surface area (Å²) in [5.74, 6) is -0.596. The van der Waals surface area contributed by atoms with Crippen LogP contribution in [0.1, 0.15) is 85.0 Å². The topological polar surface area (TPSA) is 748 Å². The van der Waals surface area contributed by atoms with E-state index >= 15 is 18.3 Å². The average Bonchev–Trinajstić information content (AvgIpc) is 1.62. The van der Waals surface area contributed by atoms with Crippen molar-refractivity contribution in [1.82, 2.24) is 67.3 Å². The molecule has 796 valence electrons. The van der Waals surface area contributed by atoms with E-state index in [0.717, 1.165) is 35.4 Å². The molecule has 0 saturated carbocycles. The third-order valence-electron chi connectivity index (χ3n) is 23.2. The van der Waals surface area contributed by atoms with Gasteiger partial charge in [0.15, 0.2) is 42.6 Å². The van der Waals surface area contributed by atoms with Crippen molar-refractivity contribution in [2.45, 2.75) is 196 Å². The maximum atomic E-state index is 15.6. The number of phosphoric acid groups is 2. The minimum absolute atomic E-state index is 0.0355. The summed E-state index contributed by atoms with van der Waals surface area (Å²) in [4.78, 5) is 147. The SMILES string of the molecule is CC[C@H]1O[C@@H](n2cc(C)c(=O)[nH]c2=O)CC1OP(=O)(S)OC[C@H]1O[C@@H](n2cc(C)c(N)nc2=O)[C@@H](OCCOC)C1OP(=O)(O)OC[C@H]1O[C@@H](n2cc(C)c(=O)[nH]c2=O)[C@@H](OCCOC)C1OP(=O)(O)OC[C@H]1O[C@@H](n2cc(C)c(N)nc2=O)[C@@H](OCCOC)C1OP(=O)(S)OC[C@H]1O[C@@H](n2cnc3c(N)ncnc32)[C@@H](OCCOC)C1OP(=O)(S)OC[C@H]1O[C@@H](n2cc(C)c(N)nc2=O)[C@@H](OCCOC)C1O. The Balaban J connectivity index is 0.797. The van der Waals surface area contributed by atoms with E-state index in [2.05, 4.69) is 76.6 Å². The molecule has 6 aliphatic rings. The number of nitrogens with two attached hydrogens (primary N) is 4. The molecular weight excluding hydrogens is 2070 g/mol. The Morgan fingerprint density at radius 1 is 0.392 bits per heavy atom. The highest BCUT2D eigenvalue weighted by Crippen LogP contribution is 2.62. The molecule has 7 aromatic heterocycles. The van der Waals surface area contributed by atoms with E-state index in [-0.39, 0.29) is 129 Å². The summed E-state index contributed by atoms with van der Waals surface area (Å²) in [5.41, 5.74) is 18.8. The van der Waals surface area contributed by atoms with Crippen molar-refractivity contribution in [2.24, 2.45) is 0 Å². The molecule has 0 spiro atoms. The van der Waals surface area contributed by atoms with Crippen LogP contribution >= 0.6 is 72.8 Å². The molecule has 59 nitrogen and oxygen atoms in total. The van der Waals surface area contributed by atoms with E-state index in [4.69, 9.17) is 144 Å². The van der Waals surface area contributed by atoms with E-state index in [1.807, 2.05) is 0 Å². The fourth-order valence-corrected chi connectivity index (χ4v) is 22.5. The molecule has 0 aliphatic carbocycles. The van der Waals surface area contributed by atoms with Gasteiger partial charge in [0.2, 0.25) is 0 Å². The number of hydrogen-bond donors (Lipinski definition) is 12. The highest BCUT2D eigenvalue weighted by molar-refractivity contribution is 8.45. The average molecular weight is 2190 g/mol. The molecule has 0 amide bonds. The lowest BCUT2D eigenvalue weighted by molar-refractivity contribution is -0.0853. The molecule has 0 radical (unpaired) electrons. The largest absolute Gasteiger partial charge is 0.472 e. The number of phosphoric ester groups is 2. The third-order valence-corrected chi connectivity index (χ3v) is 30.0. The summed E-state index contributed by atoms with van der Waals surface area (Å²) in [7, 11) is -5.17. The van der Waals surface area contributed by atoms with Crippen molar-refractivity contribution in [3.8, 4) is 0 Å². The van der Waals surface area contributed by atoms with Crippen LogP contribution in [0, 0.1) is 34.6 Å². The molecule has 6 saturated heterocycles. The van der Waals surface area contributed by atoms with Gasteiger partial charge in [-0.25, -0.2) is 61.7 Å². The lowest BCUT2D eigenvalue weighted by atomic mass is 10.1. The second-order valence-corrected chi connectivity index (χ2v) is 44.5. The molecule has 0 bridgehead atoms. The number of rotatable bonds is 52. The number of ether oxygens (including phenoxy) is 16. The number of imidazole rings is 1. The molecular formula is C76H113N18O41P5S3. The number of aliphatic hydroxyl groups is 1. The zero-order valence-electron chi connectivity index (χ0n) is 78.5. The van der Waals surface area contributed by atoms with Crippen LogP contribution in [0.25, 0.3) is 11.2 Å². The van der Waals surface area contributed by atoms with Gasteiger partial charge in [0.05, 0.1) is 118 Å². The summed E-state index contributed by atoms with van der Waals surface area (Å²) in [6.45, 7) is -13.3. The number of aliphatic hydroxyl groups excluding tert-OH is 1. The number of thiol groups is 3. The van der Waals surface area contributed by atoms with Crippen molar-refractivity contribution in [3.05, 3.63) is 145 Å².